The lowest BCUT2D eigenvalue weighted by Gasteiger charge is -2.06. The lowest BCUT2D eigenvalue weighted by Crippen LogP contribution is -2.26. The van der Waals surface area contributed by atoms with Crippen LogP contribution in [0.2, 0.25) is 5.02 Å². The van der Waals surface area contributed by atoms with Crippen molar-refractivity contribution in [2.45, 2.75) is 17.7 Å². The highest BCUT2D eigenvalue weighted by atomic mass is 35.5. The Bertz CT molecular complexity index is 457. The zero-order valence-electron chi connectivity index (χ0n) is 7.98. The van der Waals surface area contributed by atoms with Crippen LogP contribution in [0.1, 0.15) is 12.8 Å². The van der Waals surface area contributed by atoms with Crippen LogP contribution in [0.25, 0.3) is 0 Å². The first-order valence-electron chi connectivity index (χ1n) is 4.69. The van der Waals surface area contributed by atoms with Gasteiger partial charge in [-0.05, 0) is 24.8 Å². The molecule has 2 rings (SSSR count). The number of nitrogens with zero attached hydrogens (tertiary/aromatic N) is 1. The number of pyridine rings is 1. The van der Waals surface area contributed by atoms with Gasteiger partial charge in [-0.2, -0.15) is 0 Å². The predicted octanol–water partition coefficient (Wildman–Crippen LogP) is 1.42. The molecule has 0 bridgehead atoms. The van der Waals surface area contributed by atoms with E-state index in [2.05, 4.69) is 9.71 Å². The Morgan fingerprint density at radius 2 is 2.27 bits per heavy atom. The summed E-state index contributed by atoms with van der Waals surface area (Å²) in [5.74, 6) is 0.496. The predicted molar refractivity (Wildman–Crippen MR) is 57.2 cm³/mol. The summed E-state index contributed by atoms with van der Waals surface area (Å²) in [5, 5.41) is 0.202. The third kappa shape index (κ3) is 2.68. The molecule has 0 saturated heterocycles. The summed E-state index contributed by atoms with van der Waals surface area (Å²) in [6.45, 7) is 0.494. The van der Waals surface area contributed by atoms with Gasteiger partial charge >= 0.3 is 0 Å². The number of hydrogen-bond donors (Lipinski definition) is 1. The monoisotopic (exact) mass is 246 g/mol. The molecule has 1 aromatic rings. The first kappa shape index (κ1) is 10.9. The van der Waals surface area contributed by atoms with Gasteiger partial charge in [-0.3, -0.25) is 4.98 Å². The molecule has 1 fully saturated rings. The zero-order valence-corrected chi connectivity index (χ0v) is 9.55. The highest BCUT2D eigenvalue weighted by Crippen LogP contribution is 2.28. The summed E-state index contributed by atoms with van der Waals surface area (Å²) in [5.41, 5.74) is 0. The number of sulfonamides is 1. The second-order valence-corrected chi connectivity index (χ2v) is 5.74. The molecule has 1 saturated carbocycles. The number of nitrogens with one attached hydrogen (secondary N) is 1. The quantitative estimate of drug-likeness (QED) is 0.874. The molecule has 0 radical (unpaired) electrons. The van der Waals surface area contributed by atoms with Crippen molar-refractivity contribution in [2.24, 2.45) is 5.92 Å². The molecule has 1 aliphatic carbocycles. The van der Waals surface area contributed by atoms with E-state index in [0.29, 0.717) is 12.5 Å². The molecule has 0 unspecified atom stereocenters. The second kappa shape index (κ2) is 4.08. The van der Waals surface area contributed by atoms with Crippen molar-refractivity contribution in [3.05, 3.63) is 23.5 Å². The van der Waals surface area contributed by atoms with Gasteiger partial charge in [0.25, 0.3) is 0 Å². The van der Waals surface area contributed by atoms with E-state index < -0.39 is 10.0 Å². The van der Waals surface area contributed by atoms with E-state index >= 15 is 0 Å². The van der Waals surface area contributed by atoms with Gasteiger partial charge in [-0.15, -0.1) is 0 Å². The van der Waals surface area contributed by atoms with Gasteiger partial charge in [0.2, 0.25) is 10.0 Å². The first-order valence-corrected chi connectivity index (χ1v) is 6.55. The Hall–Kier alpha value is -0.650. The van der Waals surface area contributed by atoms with Gasteiger partial charge in [0, 0.05) is 18.9 Å². The molecular formula is C9H11ClN2O2S. The summed E-state index contributed by atoms with van der Waals surface area (Å²) in [6, 6.07) is 1.47. The van der Waals surface area contributed by atoms with Crippen molar-refractivity contribution < 1.29 is 8.42 Å². The van der Waals surface area contributed by atoms with Crippen LogP contribution in [0, 0.1) is 5.92 Å². The van der Waals surface area contributed by atoms with Gasteiger partial charge in [0.15, 0.2) is 0 Å². The third-order valence-corrected chi connectivity index (χ3v) is 4.18. The molecule has 0 amide bonds. The average Bonchev–Trinajstić information content (AvgIpc) is 2.99. The fourth-order valence-corrected chi connectivity index (χ4v) is 2.73. The Morgan fingerprint density at radius 1 is 1.53 bits per heavy atom. The maximum absolute atomic E-state index is 11.7. The summed E-state index contributed by atoms with van der Waals surface area (Å²) < 4.78 is 26.0. The van der Waals surface area contributed by atoms with Crippen molar-refractivity contribution in [1.82, 2.24) is 9.71 Å². The SMILES string of the molecule is O=S(=O)(NCC1CC1)c1cnccc1Cl. The summed E-state index contributed by atoms with van der Waals surface area (Å²) >= 11 is 5.78. The lowest BCUT2D eigenvalue weighted by molar-refractivity contribution is 0.577. The minimum absolute atomic E-state index is 0.0484. The average molecular weight is 247 g/mol. The molecule has 0 atom stereocenters. The smallest absolute Gasteiger partial charge is 0.243 e. The minimum atomic E-state index is -3.49. The highest BCUT2D eigenvalue weighted by Gasteiger charge is 2.25. The maximum Gasteiger partial charge on any atom is 0.243 e. The van der Waals surface area contributed by atoms with E-state index in [1.54, 1.807) is 0 Å². The molecule has 6 heteroatoms. The Kier molecular flexibility index (Phi) is 2.95. The van der Waals surface area contributed by atoms with E-state index in [9.17, 15) is 8.42 Å². The van der Waals surface area contributed by atoms with Crippen LogP contribution in [0.15, 0.2) is 23.4 Å². The van der Waals surface area contributed by atoms with E-state index in [4.69, 9.17) is 11.6 Å². The summed E-state index contributed by atoms with van der Waals surface area (Å²) in [7, 11) is -3.49. The van der Waals surface area contributed by atoms with Crippen LogP contribution in [0.3, 0.4) is 0 Å². The fourth-order valence-electron chi connectivity index (χ4n) is 1.19. The largest absolute Gasteiger partial charge is 0.263 e. The molecule has 0 spiro atoms. The van der Waals surface area contributed by atoms with Crippen molar-refractivity contribution in [1.29, 1.82) is 0 Å². The van der Waals surface area contributed by atoms with Crippen LogP contribution < -0.4 is 4.72 Å². The molecule has 0 aromatic carbocycles. The standard InChI is InChI=1S/C9H11ClN2O2S/c10-8-3-4-11-6-9(8)15(13,14)12-5-7-1-2-7/h3-4,6-7,12H,1-2,5H2. The maximum atomic E-state index is 11.7. The molecule has 4 nitrogen and oxygen atoms in total. The van der Waals surface area contributed by atoms with Crippen LogP contribution in [-0.4, -0.2) is 19.9 Å². The lowest BCUT2D eigenvalue weighted by atomic mass is 10.4. The van der Waals surface area contributed by atoms with Gasteiger partial charge in [-0.1, -0.05) is 11.6 Å². The Balaban J connectivity index is 2.16. The molecule has 1 heterocycles. The van der Waals surface area contributed by atoms with Gasteiger partial charge < -0.3 is 0 Å². The normalized spacial score (nSPS) is 16.6. The van der Waals surface area contributed by atoms with Crippen molar-refractivity contribution in [2.75, 3.05) is 6.54 Å². The third-order valence-electron chi connectivity index (χ3n) is 2.28. The first-order chi connectivity index (χ1) is 7.09. The van der Waals surface area contributed by atoms with Gasteiger partial charge in [-0.25, -0.2) is 13.1 Å². The topological polar surface area (TPSA) is 59.1 Å². The minimum Gasteiger partial charge on any atom is -0.263 e. The number of rotatable bonds is 4. The fraction of sp³-hybridized carbons (Fsp3) is 0.444. The van der Waals surface area contributed by atoms with E-state index in [-0.39, 0.29) is 9.92 Å². The molecule has 15 heavy (non-hydrogen) atoms. The highest BCUT2D eigenvalue weighted by molar-refractivity contribution is 7.89. The second-order valence-electron chi connectivity index (χ2n) is 3.60. The Morgan fingerprint density at radius 3 is 2.87 bits per heavy atom. The molecule has 1 aliphatic rings. The molecule has 1 N–H and O–H groups in total. The van der Waals surface area contributed by atoms with Crippen LogP contribution in [0.4, 0.5) is 0 Å². The van der Waals surface area contributed by atoms with E-state index in [0.717, 1.165) is 12.8 Å². The molecule has 82 valence electrons. The van der Waals surface area contributed by atoms with Crippen LogP contribution in [0.5, 0.6) is 0 Å². The number of aromatic nitrogens is 1. The molecular weight excluding hydrogens is 236 g/mol. The molecule has 1 aromatic heterocycles. The van der Waals surface area contributed by atoms with E-state index in [1.165, 1.54) is 18.5 Å². The van der Waals surface area contributed by atoms with Crippen LogP contribution in [-0.2, 0) is 10.0 Å². The number of halogens is 1. The summed E-state index contributed by atoms with van der Waals surface area (Å²) in [4.78, 5) is 3.80. The van der Waals surface area contributed by atoms with Crippen molar-refractivity contribution in [3.8, 4) is 0 Å². The van der Waals surface area contributed by atoms with Crippen molar-refractivity contribution >= 4 is 21.6 Å². The van der Waals surface area contributed by atoms with Crippen molar-refractivity contribution in [3.63, 3.8) is 0 Å². The molecule has 0 aliphatic heterocycles. The van der Waals surface area contributed by atoms with E-state index in [1.807, 2.05) is 0 Å². The van der Waals surface area contributed by atoms with Crippen LogP contribution >= 0.6 is 11.6 Å². The summed E-state index contributed by atoms with van der Waals surface area (Å²) in [6.07, 6.45) is 4.92. The van der Waals surface area contributed by atoms with Gasteiger partial charge in [0.05, 0.1) is 5.02 Å². The number of hydrogen-bond acceptors (Lipinski definition) is 3. The van der Waals surface area contributed by atoms with Gasteiger partial charge in [0.1, 0.15) is 4.90 Å². The Labute approximate surface area is 93.7 Å². The zero-order chi connectivity index (χ0) is 10.9.